The number of rotatable bonds is 9. The van der Waals surface area contributed by atoms with Gasteiger partial charge in [0.1, 0.15) is 11.9 Å². The van der Waals surface area contributed by atoms with Crippen LogP contribution in [0.3, 0.4) is 0 Å². The van der Waals surface area contributed by atoms with Crippen LogP contribution in [-0.2, 0) is 33.1 Å². The van der Waals surface area contributed by atoms with Crippen LogP contribution in [0.15, 0.2) is 35.5 Å². The number of Topliss-reactive ketones (excluding diaryl/α,β-unsaturated/α-hetero) is 1. The van der Waals surface area contributed by atoms with E-state index in [9.17, 15) is 18.0 Å². The highest BCUT2D eigenvalue weighted by molar-refractivity contribution is 7.81. The van der Waals surface area contributed by atoms with E-state index in [2.05, 4.69) is 53.3 Å². The zero-order chi connectivity index (χ0) is 39.3. The molecule has 8 heteroatoms. The average Bonchev–Trinajstić information content (AvgIpc) is 3.68. The summed E-state index contributed by atoms with van der Waals surface area (Å²) in [6.07, 6.45) is 20.7. The Kier molecular flexibility index (Phi) is 10.3. The number of esters is 1. The molecule has 8 rings (SSSR count). The van der Waals surface area contributed by atoms with Crippen LogP contribution < -0.4 is 0 Å². The average molecular weight is 779 g/mol. The second kappa shape index (κ2) is 14.2. The van der Waals surface area contributed by atoms with Crippen molar-refractivity contribution in [3.8, 4) is 0 Å². The monoisotopic (exact) mass is 778 g/mol. The number of carbonyl (C=O) groups is 2. The van der Waals surface area contributed by atoms with Gasteiger partial charge in [-0.15, -0.1) is 0 Å². The molecule has 0 aromatic heterocycles. The fraction of sp³-hybridized carbons (Fsp3) is 0.830. The molecule has 0 aromatic rings. The second-order valence-corrected chi connectivity index (χ2v) is 22.4. The molecule has 15 unspecified atom stereocenters. The minimum absolute atomic E-state index is 0.0912. The maximum Gasteiger partial charge on any atom is 0.400 e. The third kappa shape index (κ3) is 6.61. The molecule has 0 bridgehead atoms. The molecule has 0 radical (unpaired) electrons. The van der Waals surface area contributed by atoms with Gasteiger partial charge in [-0.05, 0) is 180 Å². The summed E-state index contributed by atoms with van der Waals surface area (Å²) >= 11 is 0. The third-order valence-electron chi connectivity index (χ3n) is 18.6. The number of ether oxygens (including phenoxy) is 1. The number of hydrogen-bond acceptors (Lipinski definition) is 7. The normalized spacial score (nSPS) is 46.7. The summed E-state index contributed by atoms with van der Waals surface area (Å²) in [5.41, 5.74) is 4.83. The Morgan fingerprint density at radius 2 is 1.24 bits per heavy atom. The molecule has 15 atom stereocenters. The van der Waals surface area contributed by atoms with Gasteiger partial charge < -0.3 is 4.74 Å². The molecule has 6 fully saturated rings. The first-order valence-electron chi connectivity index (χ1n) is 22.2. The van der Waals surface area contributed by atoms with E-state index in [1.165, 1.54) is 48.8 Å². The largest absolute Gasteiger partial charge is 0.462 e. The van der Waals surface area contributed by atoms with E-state index < -0.39 is 28.4 Å². The quantitative estimate of drug-likeness (QED) is 0.170. The molecule has 0 N–H and O–H groups in total. The van der Waals surface area contributed by atoms with Crippen molar-refractivity contribution in [1.29, 1.82) is 0 Å². The molecule has 306 valence electrons. The SMILES string of the molecule is C=C(C)C1CCC2C3CC=C4CC(OS(=O)(=O)OCC(C)C(=O)OC5CCC6(C)C(=CCC7C6CCC6(C)C(C(C)=O)CCC76)C5)CCC4(C)C3CCC12C. The zero-order valence-corrected chi connectivity index (χ0v) is 35.8. The molecule has 0 aromatic carbocycles. The van der Waals surface area contributed by atoms with E-state index in [4.69, 9.17) is 13.1 Å². The van der Waals surface area contributed by atoms with Crippen molar-refractivity contribution in [2.24, 2.45) is 74.9 Å². The topological polar surface area (TPSA) is 96.0 Å². The van der Waals surface area contributed by atoms with Crippen LogP contribution >= 0.6 is 0 Å². The number of hydrogen-bond donors (Lipinski definition) is 0. The first-order chi connectivity index (χ1) is 25.9. The van der Waals surface area contributed by atoms with E-state index >= 15 is 0 Å². The van der Waals surface area contributed by atoms with Crippen molar-refractivity contribution in [3.05, 3.63) is 35.5 Å². The second-order valence-electron chi connectivity index (χ2n) is 21.2. The summed E-state index contributed by atoms with van der Waals surface area (Å²) < 4.78 is 43.4. The summed E-state index contributed by atoms with van der Waals surface area (Å²) in [4.78, 5) is 25.8. The first-order valence-corrected chi connectivity index (χ1v) is 23.6. The van der Waals surface area contributed by atoms with Gasteiger partial charge in [0, 0.05) is 12.3 Å². The van der Waals surface area contributed by atoms with Gasteiger partial charge in [-0.25, -0.2) is 8.37 Å². The highest BCUT2D eigenvalue weighted by Gasteiger charge is 2.61. The van der Waals surface area contributed by atoms with E-state index in [0.717, 1.165) is 63.7 Å². The predicted molar refractivity (Wildman–Crippen MR) is 215 cm³/mol. The van der Waals surface area contributed by atoms with Gasteiger partial charge in [0.25, 0.3) is 0 Å². The summed E-state index contributed by atoms with van der Waals surface area (Å²) in [5.74, 6) is 3.97. The van der Waals surface area contributed by atoms with Gasteiger partial charge in [0.05, 0.1) is 18.6 Å². The minimum Gasteiger partial charge on any atom is -0.462 e. The van der Waals surface area contributed by atoms with Crippen LogP contribution in [0.4, 0.5) is 0 Å². The standard InChI is InChI=1S/C47H70O7S/c1-28(2)37-13-15-39-35-12-10-32-26-34(18-22-45(32,6)41(35)19-23-46(37,39)7)54-55(50,51)52-27-29(3)43(49)53-33-17-21-44(5)31(25-33)9-11-36-40-16-14-38(30(4)48)47(40,8)24-20-42(36)44/h9-10,29,33-42H,1,11-27H2,2-8H3. The molecule has 0 heterocycles. The fourth-order valence-electron chi connectivity index (χ4n) is 15.6. The van der Waals surface area contributed by atoms with Crippen molar-refractivity contribution in [1.82, 2.24) is 0 Å². The molecule has 8 aliphatic carbocycles. The van der Waals surface area contributed by atoms with Crippen LogP contribution in [0.5, 0.6) is 0 Å². The Morgan fingerprint density at radius 3 is 1.78 bits per heavy atom. The Hall–Kier alpha value is -1.77. The molecule has 0 saturated heterocycles. The fourth-order valence-corrected chi connectivity index (χ4v) is 16.6. The lowest BCUT2D eigenvalue weighted by Crippen LogP contribution is -2.51. The van der Waals surface area contributed by atoms with Crippen molar-refractivity contribution in [3.63, 3.8) is 0 Å². The smallest absolute Gasteiger partial charge is 0.400 e. The Balaban J connectivity index is 0.824. The number of allylic oxidation sites excluding steroid dienone is 3. The van der Waals surface area contributed by atoms with Gasteiger partial charge in [-0.2, -0.15) is 8.42 Å². The number of ketones is 1. The summed E-state index contributed by atoms with van der Waals surface area (Å²) in [6, 6.07) is 0. The maximum atomic E-state index is 13.3. The van der Waals surface area contributed by atoms with E-state index in [0.29, 0.717) is 59.5 Å². The van der Waals surface area contributed by atoms with Crippen molar-refractivity contribution in [2.45, 2.75) is 163 Å². The van der Waals surface area contributed by atoms with Crippen LogP contribution in [0.2, 0.25) is 0 Å². The highest BCUT2D eigenvalue weighted by Crippen LogP contribution is 2.68. The number of fused-ring (bicyclic) bond motifs is 10. The van der Waals surface area contributed by atoms with Crippen LogP contribution in [0, 0.1) is 74.9 Å². The van der Waals surface area contributed by atoms with E-state index in [1.54, 1.807) is 13.8 Å². The van der Waals surface area contributed by atoms with E-state index in [1.807, 2.05) is 0 Å². The van der Waals surface area contributed by atoms with Crippen molar-refractivity contribution >= 4 is 22.2 Å². The molecule has 55 heavy (non-hydrogen) atoms. The highest BCUT2D eigenvalue weighted by atomic mass is 32.3. The molecule has 7 nitrogen and oxygen atoms in total. The summed E-state index contributed by atoms with van der Waals surface area (Å²) in [5, 5.41) is 0. The lowest BCUT2D eigenvalue weighted by atomic mass is 9.47. The molecular formula is C47H70O7S. The molecular weight excluding hydrogens is 709 g/mol. The van der Waals surface area contributed by atoms with Gasteiger partial charge in [0.2, 0.25) is 0 Å². The lowest BCUT2D eigenvalue weighted by Gasteiger charge is -2.58. The van der Waals surface area contributed by atoms with Gasteiger partial charge in [-0.3, -0.25) is 9.59 Å². The lowest BCUT2D eigenvalue weighted by molar-refractivity contribution is -0.157. The summed E-state index contributed by atoms with van der Waals surface area (Å²) in [7, 11) is -4.28. The van der Waals surface area contributed by atoms with Crippen molar-refractivity contribution in [2.75, 3.05) is 6.61 Å². The van der Waals surface area contributed by atoms with Crippen LogP contribution in [0.1, 0.15) is 151 Å². The van der Waals surface area contributed by atoms with E-state index in [-0.39, 0.29) is 34.9 Å². The van der Waals surface area contributed by atoms with Gasteiger partial charge >= 0.3 is 16.4 Å². The predicted octanol–water partition coefficient (Wildman–Crippen LogP) is 10.5. The summed E-state index contributed by atoms with van der Waals surface area (Å²) in [6.45, 7) is 19.5. The van der Waals surface area contributed by atoms with Crippen LogP contribution in [-0.4, -0.2) is 39.0 Å². The van der Waals surface area contributed by atoms with Crippen LogP contribution in [0.25, 0.3) is 0 Å². The molecule has 8 aliphatic rings. The molecule has 0 aliphatic heterocycles. The Labute approximate surface area is 332 Å². The van der Waals surface area contributed by atoms with Crippen molar-refractivity contribution < 1.29 is 31.1 Å². The molecule has 0 spiro atoms. The molecule has 6 saturated carbocycles. The first kappa shape index (κ1) is 40.0. The number of carbonyl (C=O) groups excluding carboxylic acids is 2. The van der Waals surface area contributed by atoms with Gasteiger partial charge in [-0.1, -0.05) is 63.1 Å². The zero-order valence-electron chi connectivity index (χ0n) is 35.0. The minimum atomic E-state index is -4.28. The Bertz CT molecular complexity index is 1750. The maximum absolute atomic E-state index is 13.3. The third-order valence-corrected chi connectivity index (χ3v) is 19.5. The van der Waals surface area contributed by atoms with Gasteiger partial charge in [0.15, 0.2) is 0 Å². The Morgan fingerprint density at radius 1 is 0.727 bits per heavy atom. The molecule has 0 amide bonds.